The van der Waals surface area contributed by atoms with Crippen LogP contribution in [0.15, 0.2) is 18.3 Å². The Bertz CT molecular complexity index is 528. The molecule has 2 heterocycles. The van der Waals surface area contributed by atoms with Crippen LogP contribution in [0, 0.1) is 12.7 Å². The Labute approximate surface area is 98.3 Å². The highest BCUT2D eigenvalue weighted by molar-refractivity contribution is 5.65. The van der Waals surface area contributed by atoms with Crippen molar-refractivity contribution in [2.24, 2.45) is 0 Å². The van der Waals surface area contributed by atoms with Gasteiger partial charge in [0.15, 0.2) is 5.82 Å². The van der Waals surface area contributed by atoms with E-state index in [0.717, 1.165) is 17.1 Å². The van der Waals surface area contributed by atoms with Crippen LogP contribution in [0.3, 0.4) is 0 Å². The SMILES string of the molecule is Cc1c(NC2CC2)n[nH]c1-c1ccc(F)cn1. The maximum atomic E-state index is 12.8. The van der Waals surface area contributed by atoms with Crippen LogP contribution < -0.4 is 5.32 Å². The highest BCUT2D eigenvalue weighted by Crippen LogP contribution is 2.29. The summed E-state index contributed by atoms with van der Waals surface area (Å²) in [6.07, 6.45) is 3.62. The molecule has 2 aromatic rings. The molecule has 0 aliphatic heterocycles. The molecule has 17 heavy (non-hydrogen) atoms. The van der Waals surface area contributed by atoms with Crippen molar-refractivity contribution in [3.63, 3.8) is 0 Å². The maximum absolute atomic E-state index is 12.8. The third-order valence-electron chi connectivity index (χ3n) is 2.91. The summed E-state index contributed by atoms with van der Waals surface area (Å²) in [5, 5.41) is 10.5. The molecule has 2 aromatic heterocycles. The zero-order valence-electron chi connectivity index (χ0n) is 9.50. The molecule has 0 unspecified atom stereocenters. The molecule has 0 atom stereocenters. The van der Waals surface area contributed by atoms with E-state index in [4.69, 9.17) is 0 Å². The van der Waals surface area contributed by atoms with Gasteiger partial charge in [0.2, 0.25) is 0 Å². The van der Waals surface area contributed by atoms with Gasteiger partial charge in [0.25, 0.3) is 0 Å². The lowest BCUT2D eigenvalue weighted by molar-refractivity contribution is 0.622. The molecule has 4 nitrogen and oxygen atoms in total. The Hall–Kier alpha value is -1.91. The van der Waals surface area contributed by atoms with E-state index in [2.05, 4.69) is 20.5 Å². The Morgan fingerprint density at radius 2 is 2.24 bits per heavy atom. The van der Waals surface area contributed by atoms with Crippen LogP contribution in [-0.4, -0.2) is 21.2 Å². The zero-order valence-corrected chi connectivity index (χ0v) is 9.50. The first-order chi connectivity index (χ1) is 8.24. The number of halogens is 1. The van der Waals surface area contributed by atoms with Crippen molar-refractivity contribution in [2.75, 3.05) is 5.32 Å². The summed E-state index contributed by atoms with van der Waals surface area (Å²) in [6.45, 7) is 1.98. The third kappa shape index (κ3) is 2.00. The number of aromatic nitrogens is 3. The predicted molar refractivity (Wildman–Crippen MR) is 63.2 cm³/mol. The first-order valence-corrected chi connectivity index (χ1v) is 5.67. The molecule has 0 amide bonds. The fourth-order valence-electron chi connectivity index (χ4n) is 1.73. The molecule has 0 bridgehead atoms. The number of pyridine rings is 1. The van der Waals surface area contributed by atoms with Crippen LogP contribution in [0.4, 0.5) is 10.2 Å². The molecule has 1 fully saturated rings. The normalized spacial score (nSPS) is 14.9. The summed E-state index contributed by atoms with van der Waals surface area (Å²) in [4.78, 5) is 4.04. The first kappa shape index (κ1) is 10.3. The summed E-state index contributed by atoms with van der Waals surface area (Å²) >= 11 is 0. The second-order valence-corrected chi connectivity index (χ2v) is 4.35. The molecular weight excluding hydrogens is 219 g/mol. The van der Waals surface area contributed by atoms with Gasteiger partial charge in [-0.3, -0.25) is 10.1 Å². The van der Waals surface area contributed by atoms with Gasteiger partial charge < -0.3 is 5.32 Å². The van der Waals surface area contributed by atoms with Gasteiger partial charge in [-0.15, -0.1) is 0 Å². The van der Waals surface area contributed by atoms with Gasteiger partial charge in [-0.2, -0.15) is 5.10 Å². The fourth-order valence-corrected chi connectivity index (χ4v) is 1.73. The minimum absolute atomic E-state index is 0.331. The molecule has 88 valence electrons. The third-order valence-corrected chi connectivity index (χ3v) is 2.91. The number of rotatable bonds is 3. The average Bonchev–Trinajstić information content (AvgIpc) is 3.07. The highest BCUT2D eigenvalue weighted by Gasteiger charge is 2.23. The van der Waals surface area contributed by atoms with E-state index in [1.165, 1.54) is 25.1 Å². The Balaban J connectivity index is 1.91. The number of hydrogen-bond donors (Lipinski definition) is 2. The minimum Gasteiger partial charge on any atom is -0.366 e. The number of anilines is 1. The molecule has 0 radical (unpaired) electrons. The van der Waals surface area contributed by atoms with Gasteiger partial charge in [0, 0.05) is 11.6 Å². The average molecular weight is 232 g/mol. The van der Waals surface area contributed by atoms with Gasteiger partial charge in [0.05, 0.1) is 17.6 Å². The van der Waals surface area contributed by atoms with Crippen molar-refractivity contribution in [1.82, 2.24) is 15.2 Å². The molecule has 1 aliphatic rings. The van der Waals surface area contributed by atoms with Gasteiger partial charge in [-0.05, 0) is 31.9 Å². The summed E-state index contributed by atoms with van der Waals surface area (Å²) in [6, 6.07) is 3.61. The molecule has 2 N–H and O–H groups in total. The maximum Gasteiger partial charge on any atom is 0.151 e. The first-order valence-electron chi connectivity index (χ1n) is 5.67. The Morgan fingerprint density at radius 3 is 2.88 bits per heavy atom. The smallest absolute Gasteiger partial charge is 0.151 e. The van der Waals surface area contributed by atoms with Gasteiger partial charge in [-0.25, -0.2) is 4.39 Å². The molecule has 5 heteroatoms. The van der Waals surface area contributed by atoms with Crippen molar-refractivity contribution in [1.29, 1.82) is 0 Å². The predicted octanol–water partition coefficient (Wildman–Crippen LogP) is 2.49. The van der Waals surface area contributed by atoms with Crippen molar-refractivity contribution < 1.29 is 4.39 Å². The number of nitrogens with zero attached hydrogens (tertiary/aromatic N) is 2. The zero-order chi connectivity index (χ0) is 11.8. The van der Waals surface area contributed by atoms with Crippen molar-refractivity contribution in [2.45, 2.75) is 25.8 Å². The quantitative estimate of drug-likeness (QED) is 0.854. The standard InChI is InChI=1S/C12H13FN4/c1-7-11(10-5-2-8(13)6-14-10)16-17-12(7)15-9-3-4-9/h2,5-6,9H,3-4H2,1H3,(H2,15,16,17). The van der Waals surface area contributed by atoms with E-state index >= 15 is 0 Å². The van der Waals surface area contributed by atoms with Crippen molar-refractivity contribution >= 4 is 5.82 Å². The van der Waals surface area contributed by atoms with Crippen LogP contribution in [0.2, 0.25) is 0 Å². The largest absolute Gasteiger partial charge is 0.366 e. The van der Waals surface area contributed by atoms with Gasteiger partial charge in [0.1, 0.15) is 5.82 Å². The number of aromatic amines is 1. The topological polar surface area (TPSA) is 53.6 Å². The second kappa shape index (κ2) is 3.84. The van der Waals surface area contributed by atoms with E-state index in [0.29, 0.717) is 11.7 Å². The van der Waals surface area contributed by atoms with Crippen LogP contribution >= 0.6 is 0 Å². The van der Waals surface area contributed by atoms with E-state index in [1.54, 1.807) is 6.07 Å². The summed E-state index contributed by atoms with van der Waals surface area (Å²) in [5.41, 5.74) is 2.57. The summed E-state index contributed by atoms with van der Waals surface area (Å²) in [7, 11) is 0. The molecule has 0 saturated heterocycles. The van der Waals surface area contributed by atoms with Gasteiger partial charge >= 0.3 is 0 Å². The lowest BCUT2D eigenvalue weighted by atomic mass is 10.2. The molecule has 0 spiro atoms. The lowest BCUT2D eigenvalue weighted by Gasteiger charge is -2.01. The molecule has 1 saturated carbocycles. The van der Waals surface area contributed by atoms with Crippen LogP contribution in [0.1, 0.15) is 18.4 Å². The summed E-state index contributed by atoms with van der Waals surface area (Å²) < 4.78 is 12.8. The lowest BCUT2D eigenvalue weighted by Crippen LogP contribution is -2.02. The van der Waals surface area contributed by atoms with Gasteiger partial charge in [-0.1, -0.05) is 0 Å². The molecular formula is C12H13FN4. The van der Waals surface area contributed by atoms with Crippen LogP contribution in [0.5, 0.6) is 0 Å². The van der Waals surface area contributed by atoms with E-state index in [1.807, 2.05) is 6.92 Å². The summed E-state index contributed by atoms with van der Waals surface area (Å²) in [5.74, 6) is 0.538. The molecule has 3 rings (SSSR count). The van der Waals surface area contributed by atoms with Crippen LogP contribution in [0.25, 0.3) is 11.4 Å². The van der Waals surface area contributed by atoms with E-state index < -0.39 is 0 Å². The fraction of sp³-hybridized carbons (Fsp3) is 0.333. The Morgan fingerprint density at radius 1 is 1.41 bits per heavy atom. The van der Waals surface area contributed by atoms with E-state index in [9.17, 15) is 4.39 Å². The second-order valence-electron chi connectivity index (χ2n) is 4.35. The van der Waals surface area contributed by atoms with Crippen molar-refractivity contribution in [3.8, 4) is 11.4 Å². The molecule has 0 aromatic carbocycles. The van der Waals surface area contributed by atoms with E-state index in [-0.39, 0.29) is 5.82 Å². The number of hydrogen-bond acceptors (Lipinski definition) is 3. The highest BCUT2D eigenvalue weighted by atomic mass is 19.1. The number of nitrogens with one attached hydrogen (secondary N) is 2. The molecule has 1 aliphatic carbocycles. The number of H-pyrrole nitrogens is 1. The minimum atomic E-state index is -0.331. The Kier molecular flexibility index (Phi) is 2.31. The van der Waals surface area contributed by atoms with Crippen molar-refractivity contribution in [3.05, 3.63) is 29.7 Å². The van der Waals surface area contributed by atoms with Crippen LogP contribution in [-0.2, 0) is 0 Å². The monoisotopic (exact) mass is 232 g/mol.